The Morgan fingerprint density at radius 1 is 1.12 bits per heavy atom. The molecule has 0 spiro atoms. The molecule has 4 rings (SSSR count). The summed E-state index contributed by atoms with van der Waals surface area (Å²) in [6, 6.07) is 9.72. The van der Waals surface area contributed by atoms with Gasteiger partial charge in [0.2, 0.25) is 0 Å². The Bertz CT molecular complexity index is 774. The lowest BCUT2D eigenvalue weighted by molar-refractivity contribution is 0.0553. The first-order valence-corrected chi connectivity index (χ1v) is 9.76. The van der Waals surface area contributed by atoms with Crippen LogP contribution in [0.5, 0.6) is 0 Å². The van der Waals surface area contributed by atoms with E-state index in [1.54, 1.807) is 6.20 Å². The molecule has 1 aromatic carbocycles. The van der Waals surface area contributed by atoms with Crippen LogP contribution in [0.3, 0.4) is 0 Å². The number of carbonyl (C=O) groups excluding carboxylic acids is 1. The third-order valence-corrected chi connectivity index (χ3v) is 5.82. The maximum Gasteiger partial charge on any atom is 0.257 e. The van der Waals surface area contributed by atoms with Crippen molar-refractivity contribution in [2.24, 2.45) is 0 Å². The summed E-state index contributed by atoms with van der Waals surface area (Å²) in [7, 11) is 0. The molecular formula is C21H28N4O. The van der Waals surface area contributed by atoms with E-state index in [1.165, 1.54) is 24.0 Å². The summed E-state index contributed by atoms with van der Waals surface area (Å²) in [5, 5.41) is 4.30. The number of carbonyl (C=O) groups is 1. The molecular weight excluding hydrogens is 324 g/mol. The zero-order chi connectivity index (χ0) is 18.1. The highest BCUT2D eigenvalue weighted by Gasteiger charge is 2.29. The Labute approximate surface area is 155 Å². The molecule has 1 unspecified atom stereocenters. The van der Waals surface area contributed by atoms with Gasteiger partial charge in [0.15, 0.2) is 0 Å². The maximum atomic E-state index is 12.7. The third kappa shape index (κ3) is 3.40. The zero-order valence-electron chi connectivity index (χ0n) is 15.8. The minimum absolute atomic E-state index is 0.116. The molecule has 0 saturated carbocycles. The maximum absolute atomic E-state index is 12.7. The second-order valence-corrected chi connectivity index (χ2v) is 7.80. The van der Waals surface area contributed by atoms with Gasteiger partial charge in [0, 0.05) is 44.5 Å². The summed E-state index contributed by atoms with van der Waals surface area (Å²) in [6.45, 7) is 7.70. The number of aromatic nitrogens is 2. The van der Waals surface area contributed by atoms with Crippen LogP contribution in [0.15, 0.2) is 36.7 Å². The van der Waals surface area contributed by atoms with Gasteiger partial charge < -0.3 is 4.90 Å². The smallest absolute Gasteiger partial charge is 0.257 e. The molecule has 1 aliphatic carbocycles. The second-order valence-electron chi connectivity index (χ2n) is 7.80. The number of amides is 1. The number of fused-ring (bicyclic) bond motifs is 1. The number of benzene rings is 1. The Kier molecular flexibility index (Phi) is 4.81. The van der Waals surface area contributed by atoms with Crippen LogP contribution in [0, 0.1) is 0 Å². The van der Waals surface area contributed by atoms with Gasteiger partial charge in [-0.15, -0.1) is 0 Å². The van der Waals surface area contributed by atoms with Crippen molar-refractivity contribution >= 4 is 5.91 Å². The van der Waals surface area contributed by atoms with E-state index < -0.39 is 0 Å². The highest BCUT2D eigenvalue weighted by molar-refractivity contribution is 5.93. The largest absolute Gasteiger partial charge is 0.336 e. The van der Waals surface area contributed by atoms with Crippen molar-refractivity contribution in [3.05, 3.63) is 53.3 Å². The Balaban J connectivity index is 1.35. The SMILES string of the molecule is CC(C)n1cc(C(=O)N2CCN(C3CCc4ccccc4C3)CC2)cn1. The van der Waals surface area contributed by atoms with Gasteiger partial charge in [-0.25, -0.2) is 0 Å². The molecule has 2 aromatic rings. The summed E-state index contributed by atoms with van der Waals surface area (Å²) < 4.78 is 1.85. The van der Waals surface area contributed by atoms with Gasteiger partial charge in [-0.3, -0.25) is 14.4 Å². The van der Waals surface area contributed by atoms with Gasteiger partial charge in [0.05, 0.1) is 11.8 Å². The molecule has 1 aromatic heterocycles. The number of piperazine rings is 1. The van der Waals surface area contributed by atoms with Gasteiger partial charge in [0.25, 0.3) is 5.91 Å². The second kappa shape index (κ2) is 7.23. The molecule has 26 heavy (non-hydrogen) atoms. The lowest BCUT2D eigenvalue weighted by Gasteiger charge is -2.41. The zero-order valence-corrected chi connectivity index (χ0v) is 15.8. The van der Waals surface area contributed by atoms with E-state index in [9.17, 15) is 4.79 Å². The average molecular weight is 352 g/mol. The van der Waals surface area contributed by atoms with Gasteiger partial charge >= 0.3 is 0 Å². The van der Waals surface area contributed by atoms with Crippen LogP contribution in [0.2, 0.25) is 0 Å². The lowest BCUT2D eigenvalue weighted by Crippen LogP contribution is -2.53. The highest BCUT2D eigenvalue weighted by Crippen LogP contribution is 2.25. The molecule has 138 valence electrons. The van der Waals surface area contributed by atoms with Crippen molar-refractivity contribution in [2.75, 3.05) is 26.2 Å². The van der Waals surface area contributed by atoms with Crippen LogP contribution in [0.25, 0.3) is 0 Å². The normalized spacial score (nSPS) is 21.0. The highest BCUT2D eigenvalue weighted by atomic mass is 16.2. The number of hydrogen-bond acceptors (Lipinski definition) is 3. The molecule has 2 aliphatic rings. The third-order valence-electron chi connectivity index (χ3n) is 5.82. The van der Waals surface area contributed by atoms with Crippen molar-refractivity contribution in [3.63, 3.8) is 0 Å². The predicted molar refractivity (Wildman–Crippen MR) is 102 cm³/mol. The number of nitrogens with zero attached hydrogens (tertiary/aromatic N) is 4. The van der Waals surface area contributed by atoms with E-state index >= 15 is 0 Å². The quantitative estimate of drug-likeness (QED) is 0.853. The van der Waals surface area contributed by atoms with Crippen LogP contribution >= 0.6 is 0 Å². The minimum atomic E-state index is 0.116. The summed E-state index contributed by atoms with van der Waals surface area (Å²) >= 11 is 0. The van der Waals surface area contributed by atoms with Crippen molar-refractivity contribution < 1.29 is 4.79 Å². The number of hydrogen-bond donors (Lipinski definition) is 0. The van der Waals surface area contributed by atoms with Crippen LogP contribution in [-0.2, 0) is 12.8 Å². The van der Waals surface area contributed by atoms with Gasteiger partial charge in [-0.05, 0) is 44.2 Å². The van der Waals surface area contributed by atoms with Crippen molar-refractivity contribution in [2.45, 2.75) is 45.2 Å². The fourth-order valence-corrected chi connectivity index (χ4v) is 4.19. The number of aryl methyl sites for hydroxylation is 1. The van der Waals surface area contributed by atoms with Crippen LogP contribution in [0.1, 0.15) is 47.8 Å². The standard InChI is InChI=1S/C21H28N4O/c1-16(2)25-15-19(14-22-25)21(26)24-11-9-23(10-12-24)20-8-7-17-5-3-4-6-18(17)13-20/h3-6,14-16,20H,7-13H2,1-2H3. The van der Waals surface area contributed by atoms with E-state index in [0.717, 1.165) is 32.6 Å². The molecule has 2 heterocycles. The summed E-state index contributed by atoms with van der Waals surface area (Å²) in [5.74, 6) is 0.116. The van der Waals surface area contributed by atoms with E-state index in [0.29, 0.717) is 11.6 Å². The van der Waals surface area contributed by atoms with Crippen molar-refractivity contribution in [3.8, 4) is 0 Å². The average Bonchev–Trinajstić information content (AvgIpc) is 3.18. The Morgan fingerprint density at radius 2 is 1.85 bits per heavy atom. The molecule has 1 atom stereocenters. The molecule has 5 heteroatoms. The Morgan fingerprint density at radius 3 is 2.54 bits per heavy atom. The van der Waals surface area contributed by atoms with Gasteiger partial charge in [0.1, 0.15) is 0 Å². The van der Waals surface area contributed by atoms with Crippen molar-refractivity contribution in [1.29, 1.82) is 0 Å². The molecule has 1 aliphatic heterocycles. The molecule has 1 amide bonds. The summed E-state index contributed by atoms with van der Waals surface area (Å²) in [6.07, 6.45) is 7.12. The van der Waals surface area contributed by atoms with Gasteiger partial charge in [-0.2, -0.15) is 5.10 Å². The lowest BCUT2D eigenvalue weighted by atomic mass is 9.87. The van der Waals surface area contributed by atoms with E-state index in [1.807, 2.05) is 15.8 Å². The van der Waals surface area contributed by atoms with E-state index in [4.69, 9.17) is 0 Å². The Hall–Kier alpha value is -2.14. The first-order chi connectivity index (χ1) is 12.6. The van der Waals surface area contributed by atoms with Crippen LogP contribution in [0.4, 0.5) is 0 Å². The molecule has 1 fully saturated rings. The topological polar surface area (TPSA) is 41.4 Å². The monoisotopic (exact) mass is 352 g/mol. The predicted octanol–water partition coefficient (Wildman–Crippen LogP) is 2.78. The number of rotatable bonds is 3. The fourth-order valence-electron chi connectivity index (χ4n) is 4.19. The van der Waals surface area contributed by atoms with Gasteiger partial charge in [-0.1, -0.05) is 24.3 Å². The molecule has 0 N–H and O–H groups in total. The first kappa shape index (κ1) is 17.3. The molecule has 0 bridgehead atoms. The van der Waals surface area contributed by atoms with Crippen LogP contribution in [-0.4, -0.2) is 57.7 Å². The summed E-state index contributed by atoms with van der Waals surface area (Å²) in [4.78, 5) is 17.3. The van der Waals surface area contributed by atoms with E-state index in [-0.39, 0.29) is 11.9 Å². The van der Waals surface area contributed by atoms with Crippen molar-refractivity contribution in [1.82, 2.24) is 19.6 Å². The molecule has 5 nitrogen and oxygen atoms in total. The fraction of sp³-hybridized carbons (Fsp3) is 0.524. The minimum Gasteiger partial charge on any atom is -0.336 e. The van der Waals surface area contributed by atoms with Crippen LogP contribution < -0.4 is 0 Å². The molecule has 0 radical (unpaired) electrons. The summed E-state index contributed by atoms with van der Waals surface area (Å²) in [5.41, 5.74) is 3.72. The molecule has 1 saturated heterocycles. The van der Waals surface area contributed by atoms with E-state index in [2.05, 4.69) is 48.1 Å². The first-order valence-electron chi connectivity index (χ1n) is 9.76.